The molecule has 2 aromatic heterocycles. The minimum absolute atomic E-state index is 0.298. The lowest BCUT2D eigenvalue weighted by atomic mass is 10.2. The Hall–Kier alpha value is -2.12. The number of halogens is 1. The Morgan fingerprint density at radius 2 is 2.23 bits per heavy atom. The number of anilines is 2. The highest BCUT2D eigenvalue weighted by molar-refractivity contribution is 7.98. The third-order valence-corrected chi connectivity index (χ3v) is 4.89. The highest BCUT2D eigenvalue weighted by atomic mass is 32.2. The molecule has 0 spiro atoms. The summed E-state index contributed by atoms with van der Waals surface area (Å²) in [5.74, 6) is -0.949. The zero-order valence-electron chi connectivity index (χ0n) is 11.6. The van der Waals surface area contributed by atoms with Gasteiger partial charge in [-0.2, -0.15) is 0 Å². The second-order valence-corrected chi connectivity index (χ2v) is 6.38. The highest BCUT2D eigenvalue weighted by Gasteiger charge is 2.18. The molecule has 0 unspecified atom stereocenters. The number of benzene rings is 1. The van der Waals surface area contributed by atoms with Crippen LogP contribution in [-0.4, -0.2) is 17.1 Å². The molecule has 0 aliphatic carbocycles. The quantitative estimate of drug-likeness (QED) is 0.708. The smallest absolute Gasteiger partial charge is 0.252 e. The van der Waals surface area contributed by atoms with Gasteiger partial charge in [0, 0.05) is 16.5 Å². The predicted molar refractivity (Wildman–Crippen MR) is 89.6 cm³/mol. The maximum atomic E-state index is 14.1. The monoisotopic (exact) mass is 333 g/mol. The number of nitrogens with two attached hydrogens (primary N) is 1. The third kappa shape index (κ3) is 2.65. The molecule has 22 heavy (non-hydrogen) atoms. The van der Waals surface area contributed by atoms with Crippen LogP contribution >= 0.6 is 23.1 Å². The summed E-state index contributed by atoms with van der Waals surface area (Å²) >= 11 is 2.73. The number of nitrogens with one attached hydrogen (secondary N) is 1. The Morgan fingerprint density at radius 3 is 2.91 bits per heavy atom. The Balaban J connectivity index is 2.07. The zero-order chi connectivity index (χ0) is 15.7. The molecule has 0 bridgehead atoms. The molecule has 0 aliphatic heterocycles. The van der Waals surface area contributed by atoms with Crippen LogP contribution in [0.3, 0.4) is 0 Å². The number of aromatic nitrogens is 1. The molecule has 1 aromatic carbocycles. The number of rotatable bonds is 4. The van der Waals surface area contributed by atoms with Crippen molar-refractivity contribution in [2.45, 2.75) is 4.90 Å². The number of thiophene rings is 1. The number of carbonyl (C=O) groups excluding carboxylic acids is 1. The van der Waals surface area contributed by atoms with Crippen molar-refractivity contribution in [1.29, 1.82) is 0 Å². The van der Waals surface area contributed by atoms with Crippen LogP contribution in [0, 0.1) is 5.82 Å². The van der Waals surface area contributed by atoms with Crippen LogP contribution in [0.5, 0.6) is 0 Å². The van der Waals surface area contributed by atoms with Crippen molar-refractivity contribution in [3.63, 3.8) is 0 Å². The van der Waals surface area contributed by atoms with Crippen molar-refractivity contribution in [2.24, 2.45) is 5.73 Å². The average molecular weight is 333 g/mol. The van der Waals surface area contributed by atoms with Gasteiger partial charge in [-0.25, -0.2) is 9.37 Å². The molecule has 0 aliphatic rings. The van der Waals surface area contributed by atoms with Crippen molar-refractivity contribution in [3.05, 3.63) is 47.9 Å². The highest BCUT2D eigenvalue weighted by Crippen LogP contribution is 2.36. The number of fused-ring (bicyclic) bond motifs is 1. The first kappa shape index (κ1) is 14.8. The minimum Gasteiger partial charge on any atom is -0.365 e. The standard InChI is InChI=1S/C15H12FN3OS2/c1-21-8-4-5-11(10(16)7-8)19-15-12(13(17)20)9-3-2-6-18-14(9)22-15/h2-7,19H,1H3,(H2,17,20). The van der Waals surface area contributed by atoms with Crippen LogP contribution in [0.2, 0.25) is 0 Å². The van der Waals surface area contributed by atoms with Gasteiger partial charge in [-0.1, -0.05) is 11.3 Å². The van der Waals surface area contributed by atoms with Gasteiger partial charge in [0.05, 0.1) is 11.3 Å². The van der Waals surface area contributed by atoms with Crippen LogP contribution in [0.15, 0.2) is 41.4 Å². The molecule has 0 atom stereocenters. The first-order valence-corrected chi connectivity index (χ1v) is 8.42. The minimum atomic E-state index is -0.567. The van der Waals surface area contributed by atoms with Gasteiger partial charge in [0.25, 0.3) is 5.91 Å². The summed E-state index contributed by atoms with van der Waals surface area (Å²) in [6.45, 7) is 0. The molecular weight excluding hydrogens is 321 g/mol. The molecule has 7 heteroatoms. The van der Waals surface area contributed by atoms with E-state index in [0.29, 0.717) is 26.5 Å². The number of hydrogen-bond acceptors (Lipinski definition) is 5. The van der Waals surface area contributed by atoms with E-state index in [0.717, 1.165) is 4.90 Å². The molecular formula is C15H12FN3OS2. The summed E-state index contributed by atoms with van der Waals surface area (Å²) in [6, 6.07) is 8.41. The van der Waals surface area contributed by atoms with E-state index in [-0.39, 0.29) is 5.82 Å². The lowest BCUT2D eigenvalue weighted by Crippen LogP contribution is -2.12. The lowest BCUT2D eigenvalue weighted by Gasteiger charge is -2.08. The number of pyridine rings is 1. The maximum Gasteiger partial charge on any atom is 0.252 e. The van der Waals surface area contributed by atoms with Crippen LogP contribution in [0.1, 0.15) is 10.4 Å². The fourth-order valence-corrected chi connectivity index (χ4v) is 3.60. The van der Waals surface area contributed by atoms with E-state index < -0.39 is 5.91 Å². The number of amides is 1. The van der Waals surface area contributed by atoms with Gasteiger partial charge in [0.2, 0.25) is 0 Å². The molecule has 4 nitrogen and oxygen atoms in total. The molecule has 0 saturated heterocycles. The Kier molecular flexibility index (Phi) is 4.00. The molecule has 1 amide bonds. The van der Waals surface area contributed by atoms with Gasteiger partial charge < -0.3 is 11.1 Å². The molecule has 0 radical (unpaired) electrons. The summed E-state index contributed by atoms with van der Waals surface area (Å²) in [5.41, 5.74) is 6.10. The van der Waals surface area contributed by atoms with E-state index in [2.05, 4.69) is 10.3 Å². The summed E-state index contributed by atoms with van der Waals surface area (Å²) in [5, 5.41) is 4.12. The summed E-state index contributed by atoms with van der Waals surface area (Å²) < 4.78 is 14.1. The average Bonchev–Trinajstić information content (AvgIpc) is 2.87. The fraction of sp³-hybridized carbons (Fsp3) is 0.0667. The van der Waals surface area contributed by atoms with Crippen molar-refractivity contribution >= 4 is 49.9 Å². The fourth-order valence-electron chi connectivity index (χ4n) is 2.11. The van der Waals surface area contributed by atoms with Gasteiger partial charge in [0.1, 0.15) is 15.6 Å². The predicted octanol–water partition coefficient (Wildman–Crippen LogP) is 4.00. The van der Waals surface area contributed by atoms with Gasteiger partial charge >= 0.3 is 0 Å². The molecule has 112 valence electrons. The third-order valence-electron chi connectivity index (χ3n) is 3.14. The normalized spacial score (nSPS) is 10.8. The van der Waals surface area contributed by atoms with Crippen molar-refractivity contribution in [2.75, 3.05) is 11.6 Å². The van der Waals surface area contributed by atoms with Gasteiger partial charge in [-0.3, -0.25) is 4.79 Å². The Morgan fingerprint density at radius 1 is 1.41 bits per heavy atom. The first-order valence-electron chi connectivity index (χ1n) is 6.38. The largest absolute Gasteiger partial charge is 0.365 e. The Bertz CT molecular complexity index is 863. The topological polar surface area (TPSA) is 68.0 Å². The van der Waals surface area contributed by atoms with E-state index in [9.17, 15) is 9.18 Å². The van der Waals surface area contributed by atoms with E-state index in [1.165, 1.54) is 29.2 Å². The van der Waals surface area contributed by atoms with Crippen LogP contribution in [0.4, 0.5) is 15.1 Å². The number of thioether (sulfide) groups is 1. The molecule has 3 rings (SSSR count). The molecule has 0 saturated carbocycles. The molecule has 3 N–H and O–H groups in total. The lowest BCUT2D eigenvalue weighted by molar-refractivity contribution is 0.100. The van der Waals surface area contributed by atoms with Crippen LogP contribution in [-0.2, 0) is 0 Å². The number of primary amides is 1. The summed E-state index contributed by atoms with van der Waals surface area (Å²) in [7, 11) is 0. The molecule has 3 aromatic rings. The summed E-state index contributed by atoms with van der Waals surface area (Å²) in [4.78, 5) is 17.5. The first-order chi connectivity index (χ1) is 10.6. The van der Waals surface area contributed by atoms with E-state index in [1.54, 1.807) is 24.4 Å². The maximum absolute atomic E-state index is 14.1. The van der Waals surface area contributed by atoms with Gasteiger partial charge in [-0.05, 0) is 36.6 Å². The van der Waals surface area contributed by atoms with Crippen molar-refractivity contribution < 1.29 is 9.18 Å². The van der Waals surface area contributed by atoms with Crippen molar-refractivity contribution in [1.82, 2.24) is 4.98 Å². The SMILES string of the molecule is CSc1ccc(Nc2sc3ncccc3c2C(N)=O)c(F)c1. The van der Waals surface area contributed by atoms with E-state index in [4.69, 9.17) is 5.73 Å². The van der Waals surface area contributed by atoms with Crippen LogP contribution in [0.25, 0.3) is 10.2 Å². The number of nitrogens with zero attached hydrogens (tertiary/aromatic N) is 1. The molecule has 0 fully saturated rings. The number of hydrogen-bond donors (Lipinski definition) is 2. The van der Waals surface area contributed by atoms with E-state index >= 15 is 0 Å². The van der Waals surface area contributed by atoms with Gasteiger partial charge in [0.15, 0.2) is 0 Å². The second-order valence-electron chi connectivity index (χ2n) is 4.50. The summed E-state index contributed by atoms with van der Waals surface area (Å²) in [6.07, 6.45) is 3.52. The number of carbonyl (C=O) groups is 1. The Labute approximate surface area is 134 Å². The van der Waals surface area contributed by atoms with Crippen LogP contribution < -0.4 is 11.1 Å². The van der Waals surface area contributed by atoms with E-state index in [1.807, 2.05) is 12.3 Å². The zero-order valence-corrected chi connectivity index (χ0v) is 13.2. The second kappa shape index (κ2) is 5.94. The molecule has 2 heterocycles. The van der Waals surface area contributed by atoms with Crippen molar-refractivity contribution in [3.8, 4) is 0 Å². The van der Waals surface area contributed by atoms with Gasteiger partial charge in [-0.15, -0.1) is 11.8 Å².